The Kier molecular flexibility index (Phi) is 5.46. The van der Waals surface area contributed by atoms with Crippen LogP contribution in [0.2, 0.25) is 0 Å². The summed E-state index contributed by atoms with van der Waals surface area (Å²) in [5.41, 5.74) is 0. The fourth-order valence-electron chi connectivity index (χ4n) is 1.00. The van der Waals surface area contributed by atoms with E-state index in [0.717, 1.165) is 4.31 Å². The van der Waals surface area contributed by atoms with Crippen molar-refractivity contribution in [1.82, 2.24) is 8.61 Å². The average molecular weight is 210 g/mol. The number of aliphatic hydroxyl groups excluding tert-OH is 1. The maximum Gasteiger partial charge on any atom is 0.281 e. The van der Waals surface area contributed by atoms with Crippen LogP contribution in [0.25, 0.3) is 0 Å². The van der Waals surface area contributed by atoms with Gasteiger partial charge in [-0.3, -0.25) is 0 Å². The third kappa shape index (κ3) is 3.22. The summed E-state index contributed by atoms with van der Waals surface area (Å²) in [4.78, 5) is 0. The standard InChI is InChI=1S/C7H18N2O3S/c1-4-9(5-2)13(11,12)8(3)6-7-10/h10H,4-7H2,1-3H3. The molecule has 0 unspecified atom stereocenters. The highest BCUT2D eigenvalue weighted by Crippen LogP contribution is 2.04. The fourth-order valence-corrected chi connectivity index (χ4v) is 2.36. The summed E-state index contributed by atoms with van der Waals surface area (Å²) >= 11 is 0. The fraction of sp³-hybridized carbons (Fsp3) is 1.00. The van der Waals surface area contributed by atoms with Crippen LogP contribution in [0.3, 0.4) is 0 Å². The van der Waals surface area contributed by atoms with E-state index >= 15 is 0 Å². The molecule has 0 rings (SSSR count). The van der Waals surface area contributed by atoms with Gasteiger partial charge in [-0.15, -0.1) is 0 Å². The van der Waals surface area contributed by atoms with E-state index in [4.69, 9.17) is 5.11 Å². The van der Waals surface area contributed by atoms with Gasteiger partial charge in [0, 0.05) is 26.7 Å². The lowest BCUT2D eigenvalue weighted by atomic mass is 10.7. The van der Waals surface area contributed by atoms with E-state index in [9.17, 15) is 8.42 Å². The zero-order valence-electron chi connectivity index (χ0n) is 8.39. The van der Waals surface area contributed by atoms with Gasteiger partial charge in [0.25, 0.3) is 10.2 Å². The Bertz CT molecular complexity index is 224. The molecular weight excluding hydrogens is 192 g/mol. The van der Waals surface area contributed by atoms with E-state index in [1.54, 1.807) is 13.8 Å². The second-order valence-electron chi connectivity index (χ2n) is 2.64. The molecule has 5 nitrogen and oxygen atoms in total. The van der Waals surface area contributed by atoms with Gasteiger partial charge in [0.15, 0.2) is 0 Å². The maximum atomic E-state index is 11.6. The quantitative estimate of drug-likeness (QED) is 0.643. The topological polar surface area (TPSA) is 60.9 Å². The van der Waals surface area contributed by atoms with Crippen LogP contribution in [0.5, 0.6) is 0 Å². The third-order valence-corrected chi connectivity index (χ3v) is 3.98. The lowest BCUT2D eigenvalue weighted by molar-refractivity contribution is 0.259. The molecule has 0 spiro atoms. The molecule has 13 heavy (non-hydrogen) atoms. The van der Waals surface area contributed by atoms with Crippen molar-refractivity contribution in [3.63, 3.8) is 0 Å². The molecular formula is C7H18N2O3S. The van der Waals surface area contributed by atoms with Crippen molar-refractivity contribution in [1.29, 1.82) is 0 Å². The third-order valence-electron chi connectivity index (χ3n) is 1.84. The number of rotatable bonds is 6. The van der Waals surface area contributed by atoms with E-state index < -0.39 is 10.2 Å². The van der Waals surface area contributed by atoms with Gasteiger partial charge in [-0.1, -0.05) is 13.8 Å². The lowest BCUT2D eigenvalue weighted by Crippen LogP contribution is -2.42. The Balaban J connectivity index is 4.53. The van der Waals surface area contributed by atoms with Crippen LogP contribution in [0, 0.1) is 0 Å². The van der Waals surface area contributed by atoms with E-state index in [2.05, 4.69) is 0 Å². The molecule has 0 aromatic rings. The first kappa shape index (κ1) is 12.8. The van der Waals surface area contributed by atoms with Crippen LogP contribution < -0.4 is 0 Å². The Labute approximate surface area is 80.1 Å². The van der Waals surface area contributed by atoms with E-state index in [1.807, 2.05) is 0 Å². The van der Waals surface area contributed by atoms with Crippen molar-refractivity contribution in [2.75, 3.05) is 33.3 Å². The highest BCUT2D eigenvalue weighted by atomic mass is 32.2. The van der Waals surface area contributed by atoms with Crippen LogP contribution in [-0.2, 0) is 10.2 Å². The predicted molar refractivity (Wildman–Crippen MR) is 51.6 cm³/mol. The molecule has 1 N–H and O–H groups in total. The monoisotopic (exact) mass is 210 g/mol. The molecule has 0 bridgehead atoms. The minimum Gasteiger partial charge on any atom is -0.395 e. The SMILES string of the molecule is CCN(CC)S(=O)(=O)N(C)CCO. The van der Waals surface area contributed by atoms with Crippen LogP contribution in [0.1, 0.15) is 13.8 Å². The molecule has 0 aliphatic heterocycles. The highest BCUT2D eigenvalue weighted by molar-refractivity contribution is 7.86. The predicted octanol–water partition coefficient (Wildman–Crippen LogP) is -0.503. The van der Waals surface area contributed by atoms with Crippen LogP contribution in [0.15, 0.2) is 0 Å². The highest BCUT2D eigenvalue weighted by Gasteiger charge is 2.23. The second kappa shape index (κ2) is 5.54. The zero-order valence-corrected chi connectivity index (χ0v) is 9.21. The summed E-state index contributed by atoms with van der Waals surface area (Å²) in [5.74, 6) is 0. The largest absolute Gasteiger partial charge is 0.395 e. The molecule has 6 heteroatoms. The first-order valence-electron chi connectivity index (χ1n) is 4.32. The molecule has 0 radical (unpaired) electrons. The van der Waals surface area contributed by atoms with Crippen molar-refractivity contribution in [3.8, 4) is 0 Å². The zero-order chi connectivity index (χ0) is 10.5. The van der Waals surface area contributed by atoms with Gasteiger partial charge in [-0.25, -0.2) is 0 Å². The number of likely N-dealkylation sites (N-methyl/N-ethyl adjacent to an activating group) is 1. The molecule has 0 atom stereocenters. The Morgan fingerprint density at radius 3 is 2.00 bits per heavy atom. The van der Waals surface area contributed by atoms with E-state index in [1.165, 1.54) is 11.4 Å². The van der Waals surface area contributed by atoms with Crippen LogP contribution in [0.4, 0.5) is 0 Å². The number of hydrogen-bond donors (Lipinski definition) is 1. The summed E-state index contributed by atoms with van der Waals surface area (Å²) in [6.45, 7) is 4.46. The number of nitrogens with zero attached hydrogens (tertiary/aromatic N) is 2. The van der Waals surface area contributed by atoms with Crippen molar-refractivity contribution >= 4 is 10.2 Å². The molecule has 0 aliphatic carbocycles. The Morgan fingerprint density at radius 1 is 1.23 bits per heavy atom. The molecule has 0 fully saturated rings. The number of hydrogen-bond acceptors (Lipinski definition) is 3. The van der Waals surface area contributed by atoms with Crippen LogP contribution in [-0.4, -0.2) is 55.4 Å². The Morgan fingerprint density at radius 2 is 1.69 bits per heavy atom. The van der Waals surface area contributed by atoms with Gasteiger partial charge in [-0.2, -0.15) is 17.0 Å². The molecule has 0 amide bonds. The summed E-state index contributed by atoms with van der Waals surface area (Å²) in [6, 6.07) is 0. The molecule has 0 heterocycles. The normalized spacial score (nSPS) is 12.8. The number of aliphatic hydroxyl groups is 1. The minimum absolute atomic E-state index is 0.138. The first-order chi connectivity index (χ1) is 6.00. The van der Waals surface area contributed by atoms with Gasteiger partial charge in [0.05, 0.1) is 6.61 Å². The van der Waals surface area contributed by atoms with Gasteiger partial charge in [-0.05, 0) is 0 Å². The van der Waals surface area contributed by atoms with E-state index in [0.29, 0.717) is 13.1 Å². The average Bonchev–Trinajstić information content (AvgIpc) is 2.06. The second-order valence-corrected chi connectivity index (χ2v) is 4.67. The van der Waals surface area contributed by atoms with Crippen molar-refractivity contribution in [3.05, 3.63) is 0 Å². The lowest BCUT2D eigenvalue weighted by Gasteiger charge is -2.24. The van der Waals surface area contributed by atoms with Crippen molar-refractivity contribution < 1.29 is 13.5 Å². The van der Waals surface area contributed by atoms with Crippen molar-refractivity contribution in [2.24, 2.45) is 0 Å². The summed E-state index contributed by atoms with van der Waals surface area (Å²) in [5, 5.41) is 8.60. The van der Waals surface area contributed by atoms with Gasteiger partial charge in [0.1, 0.15) is 0 Å². The van der Waals surface area contributed by atoms with Crippen molar-refractivity contribution in [2.45, 2.75) is 13.8 Å². The van der Waals surface area contributed by atoms with Gasteiger partial charge in [0.2, 0.25) is 0 Å². The first-order valence-corrected chi connectivity index (χ1v) is 5.72. The molecule has 0 aromatic heterocycles. The molecule has 0 saturated heterocycles. The Hall–Kier alpha value is -0.170. The molecule has 0 saturated carbocycles. The van der Waals surface area contributed by atoms with Gasteiger partial charge < -0.3 is 5.11 Å². The smallest absolute Gasteiger partial charge is 0.281 e. The summed E-state index contributed by atoms with van der Waals surface area (Å²) in [6.07, 6.45) is 0. The summed E-state index contributed by atoms with van der Waals surface area (Å²) in [7, 11) is -1.89. The van der Waals surface area contributed by atoms with Gasteiger partial charge >= 0.3 is 0 Å². The minimum atomic E-state index is -3.36. The maximum absolute atomic E-state index is 11.6. The van der Waals surface area contributed by atoms with Crippen LogP contribution >= 0.6 is 0 Å². The summed E-state index contributed by atoms with van der Waals surface area (Å²) < 4.78 is 25.7. The molecule has 80 valence electrons. The van der Waals surface area contributed by atoms with E-state index in [-0.39, 0.29) is 13.2 Å². The molecule has 0 aromatic carbocycles. The molecule has 0 aliphatic rings.